The number of carbonyl (C=O) groups is 1. The molecule has 1 nitrogen and oxygen atoms in total. The Balaban J connectivity index is 2.37. The summed E-state index contributed by atoms with van der Waals surface area (Å²) in [6.45, 7) is 3.80. The predicted molar refractivity (Wildman–Crippen MR) is 57.3 cm³/mol. The topological polar surface area (TPSA) is 17.1 Å². The van der Waals surface area contributed by atoms with Gasteiger partial charge in [-0.05, 0) is 30.0 Å². The SMILES string of the molecule is CC(C)C(=O)C1CCc2c(F)cccc21. The molecule has 0 fully saturated rings. The van der Waals surface area contributed by atoms with Crippen LogP contribution in [0.15, 0.2) is 18.2 Å². The Kier molecular flexibility index (Phi) is 2.59. The highest BCUT2D eigenvalue weighted by atomic mass is 19.1. The summed E-state index contributed by atoms with van der Waals surface area (Å²) in [6.07, 6.45) is 1.47. The molecule has 2 heteroatoms. The molecule has 0 heterocycles. The van der Waals surface area contributed by atoms with Gasteiger partial charge >= 0.3 is 0 Å². The number of ketones is 1. The van der Waals surface area contributed by atoms with E-state index in [9.17, 15) is 9.18 Å². The third-order valence-electron chi connectivity index (χ3n) is 3.13. The van der Waals surface area contributed by atoms with Crippen molar-refractivity contribution < 1.29 is 9.18 Å². The first kappa shape index (κ1) is 10.3. The molecule has 15 heavy (non-hydrogen) atoms. The van der Waals surface area contributed by atoms with Gasteiger partial charge in [0.2, 0.25) is 0 Å². The zero-order valence-electron chi connectivity index (χ0n) is 9.09. The van der Waals surface area contributed by atoms with Gasteiger partial charge in [0.1, 0.15) is 11.6 Å². The van der Waals surface area contributed by atoms with Crippen molar-refractivity contribution in [3.8, 4) is 0 Å². The Morgan fingerprint density at radius 1 is 1.47 bits per heavy atom. The lowest BCUT2D eigenvalue weighted by Gasteiger charge is -2.12. The second-order valence-electron chi connectivity index (χ2n) is 4.46. The Morgan fingerprint density at radius 2 is 2.20 bits per heavy atom. The van der Waals surface area contributed by atoms with Gasteiger partial charge in [0.25, 0.3) is 0 Å². The quantitative estimate of drug-likeness (QED) is 0.726. The number of halogens is 1. The maximum absolute atomic E-state index is 13.4. The minimum absolute atomic E-state index is 0.0317. The van der Waals surface area contributed by atoms with Crippen molar-refractivity contribution in [2.75, 3.05) is 0 Å². The first-order valence-corrected chi connectivity index (χ1v) is 5.42. The maximum atomic E-state index is 13.4. The molecule has 1 aromatic carbocycles. The van der Waals surface area contributed by atoms with Crippen molar-refractivity contribution in [3.05, 3.63) is 35.1 Å². The Bertz CT molecular complexity index is 396. The number of carbonyl (C=O) groups excluding carboxylic acids is 1. The molecule has 0 N–H and O–H groups in total. The summed E-state index contributed by atoms with van der Waals surface area (Å²) in [7, 11) is 0. The van der Waals surface area contributed by atoms with E-state index in [-0.39, 0.29) is 23.4 Å². The molecule has 1 atom stereocenters. The molecule has 0 radical (unpaired) electrons. The Labute approximate surface area is 89.3 Å². The number of rotatable bonds is 2. The van der Waals surface area contributed by atoms with Crippen molar-refractivity contribution in [2.24, 2.45) is 5.92 Å². The fraction of sp³-hybridized carbons (Fsp3) is 0.462. The molecule has 0 aromatic heterocycles. The second-order valence-corrected chi connectivity index (χ2v) is 4.46. The van der Waals surface area contributed by atoms with Crippen molar-refractivity contribution in [1.82, 2.24) is 0 Å². The minimum atomic E-state index is -0.161. The Hall–Kier alpha value is -1.18. The molecule has 1 aliphatic rings. The van der Waals surface area contributed by atoms with E-state index < -0.39 is 0 Å². The molecule has 0 bridgehead atoms. The monoisotopic (exact) mass is 206 g/mol. The van der Waals surface area contributed by atoms with Gasteiger partial charge in [-0.25, -0.2) is 4.39 Å². The van der Waals surface area contributed by atoms with Crippen molar-refractivity contribution >= 4 is 5.78 Å². The first-order chi connectivity index (χ1) is 7.11. The number of hydrogen-bond donors (Lipinski definition) is 0. The largest absolute Gasteiger partial charge is 0.299 e. The van der Waals surface area contributed by atoms with Crippen LogP contribution in [0.5, 0.6) is 0 Å². The van der Waals surface area contributed by atoms with Crippen LogP contribution in [0, 0.1) is 11.7 Å². The molecule has 2 rings (SSSR count). The fourth-order valence-corrected chi connectivity index (χ4v) is 2.31. The number of fused-ring (bicyclic) bond motifs is 1. The molecule has 0 saturated carbocycles. The van der Waals surface area contributed by atoms with Gasteiger partial charge in [-0.3, -0.25) is 4.79 Å². The summed E-state index contributed by atoms with van der Waals surface area (Å²) in [5.74, 6) is 0.0332. The van der Waals surface area contributed by atoms with Crippen LogP contribution in [-0.4, -0.2) is 5.78 Å². The highest BCUT2D eigenvalue weighted by Crippen LogP contribution is 2.36. The zero-order valence-corrected chi connectivity index (χ0v) is 9.09. The van der Waals surface area contributed by atoms with Crippen LogP contribution in [0.2, 0.25) is 0 Å². The molecule has 1 unspecified atom stereocenters. The Morgan fingerprint density at radius 3 is 2.87 bits per heavy atom. The molecule has 0 aliphatic heterocycles. The smallest absolute Gasteiger partial charge is 0.142 e. The molecule has 1 aromatic rings. The van der Waals surface area contributed by atoms with Crippen LogP contribution in [0.1, 0.15) is 37.3 Å². The minimum Gasteiger partial charge on any atom is -0.299 e. The van der Waals surface area contributed by atoms with Gasteiger partial charge in [-0.2, -0.15) is 0 Å². The lowest BCUT2D eigenvalue weighted by Crippen LogP contribution is -2.15. The summed E-state index contributed by atoms with van der Waals surface area (Å²) in [5.41, 5.74) is 1.66. The highest BCUT2D eigenvalue weighted by Gasteiger charge is 2.31. The van der Waals surface area contributed by atoms with E-state index >= 15 is 0 Å². The average Bonchev–Trinajstić information content (AvgIpc) is 2.61. The first-order valence-electron chi connectivity index (χ1n) is 5.42. The summed E-state index contributed by atoms with van der Waals surface area (Å²) in [4.78, 5) is 11.9. The lowest BCUT2D eigenvalue weighted by atomic mass is 9.90. The highest BCUT2D eigenvalue weighted by molar-refractivity contribution is 5.88. The third kappa shape index (κ3) is 1.69. The molecule has 0 spiro atoms. The normalized spacial score (nSPS) is 19.3. The van der Waals surface area contributed by atoms with Crippen LogP contribution >= 0.6 is 0 Å². The summed E-state index contributed by atoms with van der Waals surface area (Å²) in [6, 6.07) is 5.05. The van der Waals surface area contributed by atoms with E-state index in [0.717, 1.165) is 17.5 Å². The van der Waals surface area contributed by atoms with Gasteiger partial charge in [-0.1, -0.05) is 26.0 Å². The van der Waals surface area contributed by atoms with E-state index in [0.29, 0.717) is 6.42 Å². The van der Waals surface area contributed by atoms with Crippen LogP contribution in [-0.2, 0) is 11.2 Å². The molecular formula is C13H15FO. The zero-order chi connectivity index (χ0) is 11.0. The molecular weight excluding hydrogens is 191 g/mol. The van der Waals surface area contributed by atoms with Gasteiger partial charge in [-0.15, -0.1) is 0 Å². The summed E-state index contributed by atoms with van der Waals surface area (Å²) < 4.78 is 13.4. The van der Waals surface area contributed by atoms with Crippen LogP contribution in [0.3, 0.4) is 0 Å². The van der Waals surface area contributed by atoms with Crippen molar-refractivity contribution in [2.45, 2.75) is 32.6 Å². The van der Waals surface area contributed by atoms with Crippen molar-refractivity contribution in [3.63, 3.8) is 0 Å². The standard InChI is InChI=1S/C13H15FO/c1-8(2)13(15)11-7-6-10-9(11)4-3-5-12(10)14/h3-5,8,11H,6-7H2,1-2H3. The molecule has 1 aliphatic carbocycles. The van der Waals surface area contributed by atoms with E-state index in [4.69, 9.17) is 0 Å². The van der Waals surface area contributed by atoms with E-state index in [1.54, 1.807) is 6.07 Å². The van der Waals surface area contributed by atoms with Gasteiger partial charge in [0.05, 0.1) is 0 Å². The molecule has 80 valence electrons. The predicted octanol–water partition coefficient (Wildman–Crippen LogP) is 3.08. The maximum Gasteiger partial charge on any atom is 0.142 e. The fourth-order valence-electron chi connectivity index (χ4n) is 2.31. The van der Waals surface area contributed by atoms with E-state index in [1.165, 1.54) is 6.07 Å². The number of hydrogen-bond acceptors (Lipinski definition) is 1. The third-order valence-corrected chi connectivity index (χ3v) is 3.13. The van der Waals surface area contributed by atoms with E-state index in [2.05, 4.69) is 0 Å². The molecule has 0 saturated heterocycles. The van der Waals surface area contributed by atoms with Crippen LogP contribution < -0.4 is 0 Å². The number of benzene rings is 1. The van der Waals surface area contributed by atoms with Crippen LogP contribution in [0.4, 0.5) is 4.39 Å². The average molecular weight is 206 g/mol. The second kappa shape index (κ2) is 3.76. The lowest BCUT2D eigenvalue weighted by molar-refractivity contribution is -0.123. The van der Waals surface area contributed by atoms with Crippen LogP contribution in [0.25, 0.3) is 0 Å². The molecule has 0 amide bonds. The van der Waals surface area contributed by atoms with E-state index in [1.807, 2.05) is 19.9 Å². The summed E-state index contributed by atoms with van der Waals surface area (Å²) >= 11 is 0. The van der Waals surface area contributed by atoms with Crippen molar-refractivity contribution in [1.29, 1.82) is 0 Å². The van der Waals surface area contributed by atoms with Gasteiger partial charge in [0.15, 0.2) is 0 Å². The number of Topliss-reactive ketones (excluding diaryl/α,β-unsaturated/α-hetero) is 1. The summed E-state index contributed by atoms with van der Waals surface area (Å²) in [5, 5.41) is 0. The van der Waals surface area contributed by atoms with Gasteiger partial charge < -0.3 is 0 Å². The van der Waals surface area contributed by atoms with Gasteiger partial charge in [0, 0.05) is 11.8 Å².